The van der Waals surface area contributed by atoms with E-state index in [9.17, 15) is 13.5 Å². The van der Waals surface area contributed by atoms with Crippen LogP contribution in [0.3, 0.4) is 0 Å². The fourth-order valence-corrected chi connectivity index (χ4v) is 5.71. The van der Waals surface area contributed by atoms with E-state index in [1.54, 1.807) is 22.6 Å². The van der Waals surface area contributed by atoms with Crippen molar-refractivity contribution in [3.05, 3.63) is 30.5 Å². The van der Waals surface area contributed by atoms with Gasteiger partial charge in [-0.15, -0.1) is 0 Å². The summed E-state index contributed by atoms with van der Waals surface area (Å²) in [5, 5.41) is 10.4. The Morgan fingerprint density at radius 2 is 1.70 bits per heavy atom. The second kappa shape index (κ2) is 5.46. The third-order valence-corrected chi connectivity index (χ3v) is 7.11. The molecule has 5 nitrogen and oxygen atoms in total. The van der Waals surface area contributed by atoms with Gasteiger partial charge in [-0.05, 0) is 61.8 Å². The van der Waals surface area contributed by atoms with Gasteiger partial charge >= 0.3 is 0 Å². The zero-order valence-electron chi connectivity index (χ0n) is 12.9. The van der Waals surface area contributed by atoms with Gasteiger partial charge in [0.25, 0.3) is 0 Å². The highest BCUT2D eigenvalue weighted by atomic mass is 32.2. The molecule has 2 aliphatic heterocycles. The number of benzene rings is 1. The van der Waals surface area contributed by atoms with E-state index in [4.69, 9.17) is 0 Å². The first kappa shape index (κ1) is 14.9. The monoisotopic (exact) mass is 332 g/mol. The number of hydrogen-bond acceptors (Lipinski definition) is 4. The highest BCUT2D eigenvalue weighted by Crippen LogP contribution is 2.37. The highest BCUT2D eigenvalue weighted by Gasteiger charge is 2.36. The van der Waals surface area contributed by atoms with Crippen molar-refractivity contribution < 1.29 is 13.5 Å². The third kappa shape index (κ3) is 2.50. The number of aromatic nitrogens is 1. The smallest absolute Gasteiger partial charge is 0.243 e. The third-order valence-electron chi connectivity index (χ3n) is 5.22. The lowest BCUT2D eigenvalue weighted by Crippen LogP contribution is -2.34. The number of phenolic OH excluding ortho intramolecular Hbond substituents is 1. The predicted molar refractivity (Wildman–Crippen MR) is 87.6 cm³/mol. The van der Waals surface area contributed by atoms with E-state index in [0.29, 0.717) is 35.8 Å². The zero-order chi connectivity index (χ0) is 16.0. The minimum atomic E-state index is -3.57. The van der Waals surface area contributed by atoms with Crippen molar-refractivity contribution in [1.82, 2.24) is 9.29 Å². The summed E-state index contributed by atoms with van der Waals surface area (Å²) >= 11 is 0. The number of phenols is 1. The molecular weight excluding hydrogens is 312 g/mol. The van der Waals surface area contributed by atoms with Crippen molar-refractivity contribution in [2.24, 2.45) is 11.8 Å². The molecule has 122 valence electrons. The van der Waals surface area contributed by atoms with Gasteiger partial charge < -0.3 is 5.11 Å². The Balaban J connectivity index is 1.82. The topological polar surface area (TPSA) is 70.5 Å². The lowest BCUT2D eigenvalue weighted by atomic mass is 9.84. The fraction of sp³-hybridized carbons (Fsp3) is 0.471. The first-order chi connectivity index (χ1) is 11.1. The van der Waals surface area contributed by atoms with Crippen LogP contribution in [0.15, 0.2) is 35.4 Å². The van der Waals surface area contributed by atoms with E-state index in [1.165, 1.54) is 12.1 Å². The molecule has 1 aromatic heterocycles. The van der Waals surface area contributed by atoms with Gasteiger partial charge in [0.15, 0.2) is 0 Å². The largest absolute Gasteiger partial charge is 0.506 e. The average molecular weight is 332 g/mol. The Labute approximate surface area is 136 Å². The first-order valence-electron chi connectivity index (χ1n) is 8.12. The number of rotatable bonds is 2. The molecule has 1 aliphatic carbocycles. The molecule has 2 saturated heterocycles. The van der Waals surface area contributed by atoms with Crippen LogP contribution in [0.4, 0.5) is 0 Å². The molecule has 0 spiro atoms. The summed E-state index contributed by atoms with van der Waals surface area (Å²) < 4.78 is 28.1. The second-order valence-corrected chi connectivity index (χ2v) is 8.60. The van der Waals surface area contributed by atoms with Gasteiger partial charge in [-0.1, -0.05) is 0 Å². The van der Waals surface area contributed by atoms with E-state index in [2.05, 4.69) is 4.98 Å². The van der Waals surface area contributed by atoms with Crippen LogP contribution in [0.2, 0.25) is 0 Å². The Kier molecular flexibility index (Phi) is 3.54. The van der Waals surface area contributed by atoms with Gasteiger partial charge in [0.2, 0.25) is 10.0 Å². The van der Waals surface area contributed by atoms with Crippen LogP contribution in [0.5, 0.6) is 5.75 Å². The number of pyridine rings is 1. The summed E-state index contributed by atoms with van der Waals surface area (Å²) in [6.45, 7) is 1.23. The van der Waals surface area contributed by atoms with Crippen molar-refractivity contribution in [2.45, 2.75) is 30.6 Å². The van der Waals surface area contributed by atoms with Gasteiger partial charge in [0, 0.05) is 24.7 Å². The van der Waals surface area contributed by atoms with Crippen LogP contribution < -0.4 is 0 Å². The normalized spacial score (nSPS) is 25.6. The van der Waals surface area contributed by atoms with Crippen LogP contribution in [0.25, 0.3) is 10.9 Å². The average Bonchev–Trinajstić information content (AvgIpc) is 2.90. The summed E-state index contributed by atoms with van der Waals surface area (Å²) in [7, 11) is -3.57. The second-order valence-electron chi connectivity index (χ2n) is 6.69. The van der Waals surface area contributed by atoms with E-state index >= 15 is 0 Å². The number of fused-ring (bicyclic) bond motifs is 5. The number of aromatic hydroxyl groups is 1. The number of hydrogen-bond donors (Lipinski definition) is 1. The minimum absolute atomic E-state index is 0.00971. The van der Waals surface area contributed by atoms with Gasteiger partial charge in [-0.2, -0.15) is 4.31 Å². The Morgan fingerprint density at radius 1 is 1.04 bits per heavy atom. The SMILES string of the molecule is O=S(=O)(c1ccc(O)c2ncccc12)N1CC2CCC(CC2)C1. The fourth-order valence-electron chi connectivity index (χ4n) is 3.94. The molecule has 0 radical (unpaired) electrons. The summed E-state index contributed by atoms with van der Waals surface area (Å²) in [5.41, 5.74) is 0.339. The molecule has 3 heterocycles. The van der Waals surface area contributed by atoms with Crippen LogP contribution in [0.1, 0.15) is 25.7 Å². The molecule has 3 aliphatic rings. The number of sulfonamides is 1. The van der Waals surface area contributed by atoms with Gasteiger partial charge in [0.05, 0.1) is 4.90 Å². The van der Waals surface area contributed by atoms with Crippen molar-refractivity contribution >= 4 is 20.9 Å². The molecule has 1 N–H and O–H groups in total. The van der Waals surface area contributed by atoms with Gasteiger partial charge in [-0.25, -0.2) is 8.42 Å². The lowest BCUT2D eigenvalue weighted by molar-refractivity contribution is 0.326. The quantitative estimate of drug-likeness (QED) is 0.918. The molecule has 0 amide bonds. The molecule has 2 bridgehead atoms. The maximum absolute atomic E-state index is 13.2. The summed E-state index contributed by atoms with van der Waals surface area (Å²) in [6.07, 6.45) is 6.09. The van der Waals surface area contributed by atoms with Crippen LogP contribution in [-0.2, 0) is 10.0 Å². The van der Waals surface area contributed by atoms with E-state index in [1.807, 2.05) is 0 Å². The van der Waals surface area contributed by atoms with E-state index in [-0.39, 0.29) is 10.6 Å². The molecule has 3 fully saturated rings. The molecule has 5 rings (SSSR count). The van der Waals surface area contributed by atoms with Crippen molar-refractivity contribution in [2.75, 3.05) is 13.1 Å². The van der Waals surface area contributed by atoms with E-state index < -0.39 is 10.0 Å². The zero-order valence-corrected chi connectivity index (χ0v) is 13.7. The van der Waals surface area contributed by atoms with Crippen molar-refractivity contribution in [3.63, 3.8) is 0 Å². The Bertz CT molecular complexity index is 828. The van der Waals surface area contributed by atoms with Gasteiger partial charge in [0.1, 0.15) is 11.3 Å². The van der Waals surface area contributed by atoms with Crippen LogP contribution >= 0.6 is 0 Å². The van der Waals surface area contributed by atoms with Crippen LogP contribution in [0, 0.1) is 11.8 Å². The molecule has 0 atom stereocenters. The summed E-state index contributed by atoms with van der Waals surface area (Å²) in [5.74, 6) is 0.963. The molecule has 1 aromatic carbocycles. The maximum Gasteiger partial charge on any atom is 0.243 e. The van der Waals surface area contributed by atoms with Crippen molar-refractivity contribution in [1.29, 1.82) is 0 Å². The molecule has 23 heavy (non-hydrogen) atoms. The Hall–Kier alpha value is -1.66. The maximum atomic E-state index is 13.2. The molecule has 1 saturated carbocycles. The predicted octanol–water partition coefficient (Wildman–Crippen LogP) is 2.75. The standard InChI is InChI=1S/C17H20N2O3S/c20-15-7-8-16(14-2-1-9-18-17(14)15)23(21,22)19-10-12-3-4-13(11-19)6-5-12/h1-2,7-9,12-13,20H,3-6,10-11H2. The molecule has 6 heteroatoms. The number of nitrogens with zero attached hydrogens (tertiary/aromatic N) is 2. The Morgan fingerprint density at radius 3 is 2.35 bits per heavy atom. The summed E-state index contributed by atoms with van der Waals surface area (Å²) in [4.78, 5) is 4.38. The molecule has 0 unspecified atom stereocenters. The first-order valence-corrected chi connectivity index (χ1v) is 9.56. The molecular formula is C17H20N2O3S. The highest BCUT2D eigenvalue weighted by molar-refractivity contribution is 7.89. The van der Waals surface area contributed by atoms with Gasteiger partial charge in [-0.3, -0.25) is 4.98 Å². The minimum Gasteiger partial charge on any atom is -0.506 e. The van der Waals surface area contributed by atoms with Crippen LogP contribution in [-0.4, -0.2) is 35.9 Å². The lowest BCUT2D eigenvalue weighted by Gasteiger charge is -2.23. The summed E-state index contributed by atoms with van der Waals surface area (Å²) in [6, 6.07) is 6.34. The van der Waals surface area contributed by atoms with E-state index in [0.717, 1.165) is 25.7 Å². The van der Waals surface area contributed by atoms with Crippen molar-refractivity contribution in [3.8, 4) is 5.75 Å². The molecule has 2 aromatic rings.